The summed E-state index contributed by atoms with van der Waals surface area (Å²) in [5, 5.41) is 0.913. The van der Waals surface area contributed by atoms with Crippen LogP contribution in [0.2, 0.25) is 19.6 Å². The Kier molecular flexibility index (Phi) is 3.24. The summed E-state index contributed by atoms with van der Waals surface area (Å²) in [5.41, 5.74) is 11.7. The van der Waals surface area contributed by atoms with Gasteiger partial charge in [-0.1, -0.05) is 50.0 Å². The van der Waals surface area contributed by atoms with Crippen LogP contribution in [0.1, 0.15) is 5.56 Å². The maximum atomic E-state index is 9.34. The molecule has 0 N–H and O–H groups in total. The highest BCUT2D eigenvalue weighted by molar-refractivity contribution is 7.04. The largest absolute Gasteiger partial charge is 0.362 e. The Morgan fingerprint density at radius 1 is 1.28 bits per heavy atom. The summed E-state index contributed by atoms with van der Waals surface area (Å²) in [5.74, 6) is 0. The molecule has 0 bridgehead atoms. The van der Waals surface area contributed by atoms with E-state index < -0.39 is 8.07 Å². The van der Waals surface area contributed by atoms with Gasteiger partial charge >= 0.3 is 0 Å². The fourth-order valence-corrected chi connectivity index (χ4v) is 3.83. The number of para-hydroxylation sites is 1. The van der Waals surface area contributed by atoms with Gasteiger partial charge in [0.05, 0.1) is 0 Å². The van der Waals surface area contributed by atoms with Crippen LogP contribution in [0.5, 0.6) is 0 Å². The summed E-state index contributed by atoms with van der Waals surface area (Å²) in [6.45, 7) is 6.60. The molecule has 0 saturated heterocycles. The van der Waals surface area contributed by atoms with Crippen molar-refractivity contribution >= 4 is 25.2 Å². The van der Waals surface area contributed by atoms with Crippen molar-refractivity contribution in [3.05, 3.63) is 41.4 Å². The Morgan fingerprint density at radius 2 is 1.94 bits per heavy atom. The summed E-state index contributed by atoms with van der Waals surface area (Å²) in [7, 11) is 0.424. The van der Waals surface area contributed by atoms with Gasteiger partial charge in [0.1, 0.15) is 6.04 Å². The van der Waals surface area contributed by atoms with Crippen molar-refractivity contribution in [1.29, 1.82) is 0 Å². The SMILES string of the molecule is CN1c2ccccc2C=CC1C(=[N+]=[N-])[Si](C)(C)C. The van der Waals surface area contributed by atoms with Gasteiger partial charge in [-0.25, -0.2) is 0 Å². The van der Waals surface area contributed by atoms with E-state index in [1.807, 2.05) is 12.1 Å². The molecule has 1 atom stereocenters. The van der Waals surface area contributed by atoms with E-state index in [9.17, 15) is 5.53 Å². The molecule has 1 unspecified atom stereocenters. The third-order valence-electron chi connectivity index (χ3n) is 3.35. The number of rotatable bonds is 2. The van der Waals surface area contributed by atoms with Crippen molar-refractivity contribution in [1.82, 2.24) is 0 Å². The van der Waals surface area contributed by atoms with Gasteiger partial charge in [-0.2, -0.15) is 4.79 Å². The molecule has 0 saturated carbocycles. The lowest BCUT2D eigenvalue weighted by Crippen LogP contribution is -2.50. The molecular weight excluding hydrogens is 238 g/mol. The van der Waals surface area contributed by atoms with Gasteiger partial charge in [0.15, 0.2) is 8.07 Å². The van der Waals surface area contributed by atoms with Gasteiger partial charge in [-0.05, 0) is 11.6 Å². The fourth-order valence-electron chi connectivity index (χ4n) is 2.35. The Balaban J connectivity index is 2.44. The normalized spacial score (nSPS) is 18.2. The van der Waals surface area contributed by atoms with E-state index in [2.05, 4.69) is 60.7 Å². The van der Waals surface area contributed by atoms with Crippen molar-refractivity contribution in [2.45, 2.75) is 25.7 Å². The lowest BCUT2D eigenvalue weighted by molar-refractivity contribution is -0.00460. The molecule has 0 aliphatic carbocycles. The van der Waals surface area contributed by atoms with Crippen molar-refractivity contribution in [3.63, 3.8) is 0 Å². The van der Waals surface area contributed by atoms with Crippen molar-refractivity contribution in [2.75, 3.05) is 11.9 Å². The van der Waals surface area contributed by atoms with E-state index in [-0.39, 0.29) is 6.04 Å². The lowest BCUT2D eigenvalue weighted by Gasteiger charge is -2.32. The van der Waals surface area contributed by atoms with Crippen LogP contribution in [0.15, 0.2) is 30.3 Å². The second-order valence-electron chi connectivity index (χ2n) is 5.71. The average molecular weight is 257 g/mol. The second-order valence-corrected chi connectivity index (χ2v) is 10.7. The monoisotopic (exact) mass is 257 g/mol. The van der Waals surface area contributed by atoms with Crippen LogP contribution in [0, 0.1) is 0 Å². The molecule has 1 aliphatic rings. The van der Waals surface area contributed by atoms with Crippen molar-refractivity contribution in [3.8, 4) is 0 Å². The van der Waals surface area contributed by atoms with E-state index in [0.29, 0.717) is 0 Å². The zero-order valence-electron chi connectivity index (χ0n) is 11.4. The lowest BCUT2D eigenvalue weighted by atomic mass is 10.0. The number of nitrogens with zero attached hydrogens (tertiary/aromatic N) is 3. The fraction of sp³-hybridized carbons (Fsp3) is 0.357. The molecule has 0 spiro atoms. The first kappa shape index (κ1) is 12.8. The minimum atomic E-state index is -1.63. The number of benzene rings is 1. The van der Waals surface area contributed by atoms with Gasteiger partial charge in [-0.15, -0.1) is 0 Å². The van der Waals surface area contributed by atoms with E-state index in [1.54, 1.807) is 0 Å². The van der Waals surface area contributed by atoms with Gasteiger partial charge in [0.2, 0.25) is 0 Å². The third kappa shape index (κ3) is 2.17. The third-order valence-corrected chi connectivity index (χ3v) is 5.28. The van der Waals surface area contributed by atoms with Crippen molar-refractivity contribution in [2.24, 2.45) is 0 Å². The summed E-state index contributed by atoms with van der Waals surface area (Å²) >= 11 is 0. The molecule has 2 rings (SSSR count). The molecule has 4 heteroatoms. The summed E-state index contributed by atoms with van der Waals surface area (Å²) in [4.78, 5) is 5.77. The summed E-state index contributed by atoms with van der Waals surface area (Å²) < 4.78 is 0. The highest BCUT2D eigenvalue weighted by Crippen LogP contribution is 2.28. The smallest absolute Gasteiger partial charge is 0.262 e. The van der Waals surface area contributed by atoms with Crippen LogP contribution in [0.4, 0.5) is 5.69 Å². The highest BCUT2D eigenvalue weighted by Gasteiger charge is 2.39. The van der Waals surface area contributed by atoms with E-state index in [0.717, 1.165) is 5.33 Å². The Morgan fingerprint density at radius 3 is 2.56 bits per heavy atom. The van der Waals surface area contributed by atoms with E-state index >= 15 is 0 Å². The number of hydrogen-bond donors (Lipinski definition) is 0. The standard InChI is InChI=1S/C14H19N3Si/c1-17-12-8-6-5-7-11(12)9-10-13(17)14(16-15)18(2,3)4/h5-10,13H,1-4H3. The van der Waals surface area contributed by atoms with E-state index in [1.165, 1.54) is 11.3 Å². The van der Waals surface area contributed by atoms with Crippen LogP contribution in [0.3, 0.4) is 0 Å². The molecule has 0 amide bonds. The summed E-state index contributed by atoms with van der Waals surface area (Å²) in [6, 6.07) is 8.34. The van der Waals surface area contributed by atoms with Gasteiger partial charge in [0.25, 0.3) is 5.33 Å². The Hall–Kier alpha value is -1.64. The molecule has 0 radical (unpaired) electrons. The van der Waals surface area contributed by atoms with Crippen LogP contribution < -0.4 is 4.90 Å². The number of fused-ring (bicyclic) bond motifs is 1. The predicted molar refractivity (Wildman–Crippen MR) is 79.6 cm³/mol. The summed E-state index contributed by atoms with van der Waals surface area (Å²) in [6.07, 6.45) is 4.24. The minimum Gasteiger partial charge on any atom is -0.362 e. The predicted octanol–water partition coefficient (Wildman–Crippen LogP) is 3.07. The number of anilines is 1. The molecule has 3 nitrogen and oxygen atoms in total. The maximum absolute atomic E-state index is 9.34. The van der Waals surface area contributed by atoms with Crippen LogP contribution in [-0.4, -0.2) is 31.3 Å². The Labute approximate surface area is 109 Å². The molecule has 94 valence electrons. The molecule has 1 heterocycles. The number of likely N-dealkylation sites (N-methyl/N-ethyl adjacent to an activating group) is 1. The first-order valence-electron chi connectivity index (χ1n) is 6.17. The molecule has 18 heavy (non-hydrogen) atoms. The first-order chi connectivity index (χ1) is 8.45. The molecule has 0 aromatic heterocycles. The molecular formula is C14H19N3Si. The average Bonchev–Trinajstić information content (AvgIpc) is 2.32. The van der Waals surface area contributed by atoms with Crippen LogP contribution in [-0.2, 0) is 0 Å². The Bertz CT molecular complexity index is 536. The molecule has 1 aromatic rings. The van der Waals surface area contributed by atoms with Crippen LogP contribution in [0.25, 0.3) is 11.6 Å². The zero-order valence-corrected chi connectivity index (χ0v) is 12.4. The second kappa shape index (κ2) is 4.56. The van der Waals surface area contributed by atoms with E-state index in [4.69, 9.17) is 0 Å². The zero-order chi connectivity index (χ0) is 13.3. The highest BCUT2D eigenvalue weighted by atomic mass is 28.3. The van der Waals surface area contributed by atoms with Gasteiger partial charge in [-0.3, -0.25) is 0 Å². The topological polar surface area (TPSA) is 39.6 Å². The van der Waals surface area contributed by atoms with Gasteiger partial charge < -0.3 is 10.4 Å². The molecule has 1 aliphatic heterocycles. The molecule has 0 fully saturated rings. The van der Waals surface area contributed by atoms with Crippen LogP contribution >= 0.6 is 0 Å². The van der Waals surface area contributed by atoms with Gasteiger partial charge in [0, 0.05) is 12.7 Å². The number of hydrogen-bond acceptors (Lipinski definition) is 1. The maximum Gasteiger partial charge on any atom is 0.262 e. The molecule has 1 aromatic carbocycles. The quantitative estimate of drug-likeness (QED) is 0.347. The first-order valence-corrected chi connectivity index (χ1v) is 9.67. The minimum absolute atomic E-state index is 0.0663. The van der Waals surface area contributed by atoms with Crippen molar-refractivity contribution < 1.29 is 4.79 Å².